The molecule has 0 bridgehead atoms. The maximum atomic E-state index is 12.4. The van der Waals surface area contributed by atoms with Crippen LogP contribution in [0.5, 0.6) is 0 Å². The summed E-state index contributed by atoms with van der Waals surface area (Å²) in [5.41, 5.74) is -1.09. The van der Waals surface area contributed by atoms with Gasteiger partial charge in [-0.05, 0) is 43.9 Å². The van der Waals surface area contributed by atoms with Gasteiger partial charge in [0.15, 0.2) is 0 Å². The van der Waals surface area contributed by atoms with Crippen molar-refractivity contribution in [3.8, 4) is 0 Å². The molecule has 0 fully saturated rings. The lowest BCUT2D eigenvalue weighted by Crippen LogP contribution is -2.50. The number of carbonyl (C=O) groups is 2. The Bertz CT molecular complexity index is 763. The van der Waals surface area contributed by atoms with Gasteiger partial charge in [0.2, 0.25) is 0 Å². The van der Waals surface area contributed by atoms with Gasteiger partial charge in [-0.1, -0.05) is 20.8 Å². The van der Waals surface area contributed by atoms with Crippen LogP contribution in [0, 0.1) is 21.4 Å². The highest BCUT2D eigenvalue weighted by Crippen LogP contribution is 2.32. The Kier molecular flexibility index (Phi) is 7.74. The van der Waals surface area contributed by atoms with Gasteiger partial charge in [-0.2, -0.15) is 0 Å². The zero-order valence-electron chi connectivity index (χ0n) is 17.7. The number of benzene rings is 1. The highest BCUT2D eigenvalue weighted by atomic mass is 16.6. The van der Waals surface area contributed by atoms with Crippen LogP contribution in [-0.2, 0) is 22.6 Å². The number of nitro benzene ring substituents is 1. The molecular formula is C20H30N2O7. The van der Waals surface area contributed by atoms with E-state index in [1.807, 2.05) is 0 Å². The second kappa shape index (κ2) is 9.21. The Morgan fingerprint density at radius 2 is 1.79 bits per heavy atom. The van der Waals surface area contributed by atoms with Gasteiger partial charge in [-0.15, -0.1) is 0 Å². The number of aliphatic hydroxyl groups is 1. The zero-order valence-corrected chi connectivity index (χ0v) is 17.7. The van der Waals surface area contributed by atoms with Gasteiger partial charge in [0.25, 0.3) is 5.69 Å². The molecule has 9 nitrogen and oxygen atoms in total. The Morgan fingerprint density at radius 3 is 2.21 bits per heavy atom. The number of amides is 1. The monoisotopic (exact) mass is 410 g/mol. The number of nitrogens with zero attached hydrogens (tertiary/aromatic N) is 1. The van der Waals surface area contributed by atoms with Crippen molar-refractivity contribution in [1.29, 1.82) is 0 Å². The predicted molar refractivity (Wildman–Crippen MR) is 106 cm³/mol. The molecule has 162 valence electrons. The first-order chi connectivity index (χ1) is 13.2. The smallest absolute Gasteiger partial charge is 0.407 e. The molecule has 29 heavy (non-hydrogen) atoms. The molecule has 0 saturated carbocycles. The fourth-order valence-corrected chi connectivity index (χ4v) is 3.17. The zero-order chi connectivity index (χ0) is 22.6. The van der Waals surface area contributed by atoms with Gasteiger partial charge in [0.05, 0.1) is 23.5 Å². The van der Waals surface area contributed by atoms with E-state index in [9.17, 15) is 29.9 Å². The molecule has 0 aliphatic rings. The molecule has 3 N–H and O–H groups in total. The molecule has 1 aromatic carbocycles. The van der Waals surface area contributed by atoms with Crippen LogP contribution >= 0.6 is 0 Å². The lowest BCUT2D eigenvalue weighted by atomic mass is 9.74. The van der Waals surface area contributed by atoms with E-state index < -0.39 is 40.0 Å². The van der Waals surface area contributed by atoms with E-state index in [4.69, 9.17) is 4.74 Å². The SMILES string of the molecule is CC(C)(C)OC(=O)N[C@H](Cc1cc(CO)ccc1[N+](=O)[O-])C(C(=O)O)C(C)(C)C. The molecule has 0 spiro atoms. The van der Waals surface area contributed by atoms with Crippen LogP contribution in [0.4, 0.5) is 10.5 Å². The summed E-state index contributed by atoms with van der Waals surface area (Å²) in [4.78, 5) is 35.2. The van der Waals surface area contributed by atoms with E-state index in [0.717, 1.165) is 0 Å². The van der Waals surface area contributed by atoms with E-state index in [2.05, 4.69) is 5.32 Å². The average molecular weight is 410 g/mol. The van der Waals surface area contributed by atoms with Crippen LogP contribution in [0.15, 0.2) is 18.2 Å². The van der Waals surface area contributed by atoms with Crippen LogP contribution < -0.4 is 5.32 Å². The van der Waals surface area contributed by atoms with Crippen LogP contribution in [0.2, 0.25) is 0 Å². The summed E-state index contributed by atoms with van der Waals surface area (Å²) in [7, 11) is 0. The molecule has 1 rings (SSSR count). The summed E-state index contributed by atoms with van der Waals surface area (Å²) < 4.78 is 5.25. The molecular weight excluding hydrogens is 380 g/mol. The fraction of sp³-hybridized carbons (Fsp3) is 0.600. The molecule has 0 saturated heterocycles. The van der Waals surface area contributed by atoms with E-state index in [0.29, 0.717) is 5.56 Å². The number of nitrogens with one attached hydrogen (secondary N) is 1. The average Bonchev–Trinajstić information content (AvgIpc) is 2.50. The van der Waals surface area contributed by atoms with Crippen LogP contribution in [0.1, 0.15) is 52.7 Å². The molecule has 1 aromatic rings. The maximum Gasteiger partial charge on any atom is 0.407 e. The molecule has 1 amide bonds. The fourth-order valence-electron chi connectivity index (χ4n) is 3.17. The summed E-state index contributed by atoms with van der Waals surface area (Å²) >= 11 is 0. The first-order valence-electron chi connectivity index (χ1n) is 9.25. The second-order valence-corrected chi connectivity index (χ2v) is 9.02. The molecule has 0 radical (unpaired) electrons. The second-order valence-electron chi connectivity index (χ2n) is 9.02. The van der Waals surface area contributed by atoms with Crippen molar-refractivity contribution < 1.29 is 29.5 Å². The van der Waals surface area contributed by atoms with E-state index in [1.165, 1.54) is 18.2 Å². The number of carboxylic acid groups (broad SMARTS) is 1. The van der Waals surface area contributed by atoms with Crippen LogP contribution in [0.3, 0.4) is 0 Å². The summed E-state index contributed by atoms with van der Waals surface area (Å²) in [6.45, 7) is 9.86. The minimum Gasteiger partial charge on any atom is -0.481 e. The highest BCUT2D eigenvalue weighted by Gasteiger charge is 2.40. The summed E-state index contributed by atoms with van der Waals surface area (Å²) in [5.74, 6) is -2.19. The molecule has 0 aromatic heterocycles. The molecule has 2 atom stereocenters. The number of hydrogen-bond acceptors (Lipinski definition) is 6. The van der Waals surface area contributed by atoms with Gasteiger partial charge >= 0.3 is 12.1 Å². The van der Waals surface area contributed by atoms with E-state index in [1.54, 1.807) is 41.5 Å². The number of aliphatic hydroxyl groups excluding tert-OH is 1. The van der Waals surface area contributed by atoms with Gasteiger partial charge < -0.3 is 20.3 Å². The molecule has 0 aliphatic carbocycles. The number of ether oxygens (including phenoxy) is 1. The van der Waals surface area contributed by atoms with Crippen molar-refractivity contribution in [2.45, 2.75) is 66.2 Å². The Labute approximate surface area is 170 Å². The number of nitro groups is 1. The third-order valence-corrected chi connectivity index (χ3v) is 4.27. The standard InChI is InChI=1S/C20H30N2O7/c1-19(2,3)16(17(24)25)14(21-18(26)29-20(4,5)6)10-13-9-12(11-23)7-8-15(13)22(27)28/h7-9,14,16,23H,10-11H2,1-6H3,(H,21,26)(H,24,25)/t14-,16?/m1/s1. The lowest BCUT2D eigenvalue weighted by Gasteiger charge is -2.35. The third kappa shape index (κ3) is 7.34. The normalized spacial score (nSPS) is 14.0. The number of carboxylic acids is 1. The van der Waals surface area contributed by atoms with E-state index >= 15 is 0 Å². The minimum absolute atomic E-state index is 0.113. The summed E-state index contributed by atoms with van der Waals surface area (Å²) in [6, 6.07) is 3.16. The third-order valence-electron chi connectivity index (χ3n) is 4.27. The molecule has 9 heteroatoms. The Morgan fingerprint density at radius 1 is 1.21 bits per heavy atom. The molecule has 0 heterocycles. The van der Waals surface area contributed by atoms with Gasteiger partial charge in [-0.25, -0.2) is 4.79 Å². The summed E-state index contributed by atoms with van der Waals surface area (Å²) in [5, 5.41) is 33.2. The highest BCUT2D eigenvalue weighted by molar-refractivity contribution is 5.74. The number of aliphatic carboxylic acids is 1. The van der Waals surface area contributed by atoms with Crippen molar-refractivity contribution in [1.82, 2.24) is 5.32 Å². The van der Waals surface area contributed by atoms with Gasteiger partial charge in [-0.3, -0.25) is 14.9 Å². The quantitative estimate of drug-likeness (QED) is 0.463. The topological polar surface area (TPSA) is 139 Å². The first-order valence-corrected chi connectivity index (χ1v) is 9.25. The number of hydrogen-bond donors (Lipinski definition) is 3. The van der Waals surface area contributed by atoms with Crippen LogP contribution in [-0.4, -0.2) is 38.8 Å². The number of rotatable bonds is 7. The van der Waals surface area contributed by atoms with Crippen molar-refractivity contribution in [2.24, 2.45) is 11.3 Å². The van der Waals surface area contributed by atoms with Crippen LogP contribution in [0.25, 0.3) is 0 Å². The van der Waals surface area contributed by atoms with Gasteiger partial charge in [0.1, 0.15) is 5.60 Å². The first kappa shape index (κ1) is 24.4. The lowest BCUT2D eigenvalue weighted by molar-refractivity contribution is -0.385. The van der Waals surface area contributed by atoms with Gasteiger partial charge in [0, 0.05) is 18.1 Å². The molecule has 1 unspecified atom stereocenters. The minimum atomic E-state index is -1.14. The largest absolute Gasteiger partial charge is 0.481 e. The maximum absolute atomic E-state index is 12.4. The molecule has 0 aliphatic heterocycles. The summed E-state index contributed by atoms with van der Waals surface area (Å²) in [6.07, 6.45) is -0.920. The Balaban J connectivity index is 3.39. The van der Waals surface area contributed by atoms with Crippen molar-refractivity contribution >= 4 is 17.7 Å². The number of alkyl carbamates (subject to hydrolysis) is 1. The predicted octanol–water partition coefficient (Wildman–Crippen LogP) is 3.27. The van der Waals surface area contributed by atoms with Crippen molar-refractivity contribution in [2.75, 3.05) is 0 Å². The number of carbonyl (C=O) groups excluding carboxylic acids is 1. The van der Waals surface area contributed by atoms with E-state index in [-0.39, 0.29) is 24.3 Å². The Hall–Kier alpha value is -2.68. The van der Waals surface area contributed by atoms with Crippen molar-refractivity contribution in [3.05, 3.63) is 39.4 Å². The van der Waals surface area contributed by atoms with Crippen molar-refractivity contribution in [3.63, 3.8) is 0 Å².